The standard InChI is InChI=1S/C16H23Cl2NO/c1-15(11-19(2)3)8-4-5-9-16(15,20)12-6-7-13(17)14(18)10-12/h6-7,10,20H,4-5,8-9,11H2,1-3H3/t15-,16+/m0/s1. The molecule has 0 unspecified atom stereocenters. The maximum absolute atomic E-state index is 11.4. The molecule has 1 aliphatic rings. The van der Waals surface area contributed by atoms with Crippen LogP contribution in [0.2, 0.25) is 10.0 Å². The molecular formula is C16H23Cl2NO. The summed E-state index contributed by atoms with van der Waals surface area (Å²) >= 11 is 12.1. The van der Waals surface area contributed by atoms with E-state index in [1.165, 1.54) is 0 Å². The highest BCUT2D eigenvalue weighted by Crippen LogP contribution is 2.51. The van der Waals surface area contributed by atoms with Gasteiger partial charge in [-0.15, -0.1) is 0 Å². The Morgan fingerprint density at radius 3 is 2.40 bits per heavy atom. The van der Waals surface area contributed by atoms with Crippen molar-refractivity contribution in [2.45, 2.75) is 38.2 Å². The van der Waals surface area contributed by atoms with Gasteiger partial charge in [0.1, 0.15) is 0 Å². The maximum Gasteiger partial charge on any atom is 0.0962 e. The van der Waals surface area contributed by atoms with Crippen molar-refractivity contribution >= 4 is 23.2 Å². The first kappa shape index (κ1) is 16.1. The molecular weight excluding hydrogens is 293 g/mol. The third kappa shape index (κ3) is 2.85. The van der Waals surface area contributed by atoms with E-state index in [2.05, 4.69) is 25.9 Å². The summed E-state index contributed by atoms with van der Waals surface area (Å²) in [6, 6.07) is 5.51. The lowest BCUT2D eigenvalue weighted by atomic mass is 9.61. The second-order valence-electron chi connectivity index (χ2n) is 6.49. The van der Waals surface area contributed by atoms with Crippen LogP contribution in [0.1, 0.15) is 38.2 Å². The summed E-state index contributed by atoms with van der Waals surface area (Å²) in [7, 11) is 4.10. The van der Waals surface area contributed by atoms with Crippen molar-refractivity contribution in [2.24, 2.45) is 5.41 Å². The molecule has 1 N–H and O–H groups in total. The molecule has 4 heteroatoms. The Morgan fingerprint density at radius 2 is 1.80 bits per heavy atom. The smallest absolute Gasteiger partial charge is 0.0962 e. The van der Waals surface area contributed by atoms with E-state index in [1.54, 1.807) is 6.07 Å². The van der Waals surface area contributed by atoms with Crippen LogP contribution in [-0.2, 0) is 5.60 Å². The normalized spacial score (nSPS) is 30.8. The molecule has 0 spiro atoms. The van der Waals surface area contributed by atoms with Crippen LogP contribution >= 0.6 is 23.2 Å². The Kier molecular flexibility index (Phi) is 4.70. The van der Waals surface area contributed by atoms with Crippen molar-refractivity contribution in [3.05, 3.63) is 33.8 Å². The molecule has 0 heterocycles. The first-order valence-corrected chi connectivity index (χ1v) is 7.87. The summed E-state index contributed by atoms with van der Waals surface area (Å²) in [6.45, 7) is 3.03. The zero-order valence-electron chi connectivity index (χ0n) is 12.4. The Balaban J connectivity index is 2.44. The largest absolute Gasteiger partial charge is 0.385 e. The third-order valence-corrected chi connectivity index (χ3v) is 5.32. The minimum atomic E-state index is -0.844. The monoisotopic (exact) mass is 315 g/mol. The van der Waals surface area contributed by atoms with E-state index in [-0.39, 0.29) is 5.41 Å². The Bertz CT molecular complexity index is 491. The van der Waals surface area contributed by atoms with Crippen molar-refractivity contribution in [3.8, 4) is 0 Å². The highest BCUT2D eigenvalue weighted by molar-refractivity contribution is 6.42. The SMILES string of the molecule is CN(C)C[C@]1(C)CCCC[C@@]1(O)c1ccc(Cl)c(Cl)c1. The van der Waals surface area contributed by atoms with Gasteiger partial charge in [-0.1, -0.05) is 49.0 Å². The molecule has 112 valence electrons. The molecule has 2 atom stereocenters. The van der Waals surface area contributed by atoms with E-state index in [1.807, 2.05) is 12.1 Å². The first-order chi connectivity index (χ1) is 9.28. The van der Waals surface area contributed by atoms with Gasteiger partial charge in [0.2, 0.25) is 0 Å². The Labute approximate surface area is 131 Å². The molecule has 0 saturated heterocycles. The van der Waals surface area contributed by atoms with Crippen molar-refractivity contribution < 1.29 is 5.11 Å². The van der Waals surface area contributed by atoms with Crippen LogP contribution in [0.25, 0.3) is 0 Å². The predicted octanol–water partition coefficient (Wildman–Crippen LogP) is 4.32. The summed E-state index contributed by atoms with van der Waals surface area (Å²) in [6.07, 6.45) is 3.99. The van der Waals surface area contributed by atoms with E-state index >= 15 is 0 Å². The van der Waals surface area contributed by atoms with E-state index in [4.69, 9.17) is 23.2 Å². The first-order valence-electron chi connectivity index (χ1n) is 7.11. The summed E-state index contributed by atoms with van der Waals surface area (Å²) in [5.74, 6) is 0. The third-order valence-electron chi connectivity index (χ3n) is 4.58. The zero-order valence-corrected chi connectivity index (χ0v) is 13.9. The molecule has 1 aromatic carbocycles. The molecule has 1 aliphatic carbocycles. The number of aliphatic hydroxyl groups is 1. The van der Waals surface area contributed by atoms with Crippen molar-refractivity contribution in [1.29, 1.82) is 0 Å². The fourth-order valence-electron chi connectivity index (χ4n) is 3.56. The molecule has 1 fully saturated rings. The van der Waals surface area contributed by atoms with Gasteiger partial charge in [0, 0.05) is 12.0 Å². The van der Waals surface area contributed by atoms with Gasteiger partial charge in [0.15, 0.2) is 0 Å². The second-order valence-corrected chi connectivity index (χ2v) is 7.31. The summed E-state index contributed by atoms with van der Waals surface area (Å²) in [5.41, 5.74) is -0.133. The summed E-state index contributed by atoms with van der Waals surface area (Å²) < 4.78 is 0. The van der Waals surface area contributed by atoms with Crippen LogP contribution in [0.4, 0.5) is 0 Å². The van der Waals surface area contributed by atoms with Gasteiger partial charge in [-0.25, -0.2) is 0 Å². The van der Waals surface area contributed by atoms with Crippen molar-refractivity contribution in [3.63, 3.8) is 0 Å². The number of hydrogen-bond acceptors (Lipinski definition) is 2. The number of rotatable bonds is 3. The molecule has 2 rings (SSSR count). The van der Waals surface area contributed by atoms with Crippen LogP contribution in [0, 0.1) is 5.41 Å². The number of hydrogen-bond donors (Lipinski definition) is 1. The molecule has 0 aromatic heterocycles. The van der Waals surface area contributed by atoms with Crippen molar-refractivity contribution in [2.75, 3.05) is 20.6 Å². The van der Waals surface area contributed by atoms with Crippen LogP contribution in [0.3, 0.4) is 0 Å². The van der Waals surface area contributed by atoms with Gasteiger partial charge in [-0.05, 0) is 44.6 Å². The van der Waals surface area contributed by atoms with Crippen LogP contribution in [0.5, 0.6) is 0 Å². The van der Waals surface area contributed by atoms with E-state index in [0.717, 1.165) is 37.8 Å². The molecule has 0 bridgehead atoms. The molecule has 1 aromatic rings. The Morgan fingerprint density at radius 1 is 1.15 bits per heavy atom. The van der Waals surface area contributed by atoms with Gasteiger partial charge in [0.05, 0.1) is 15.6 Å². The number of nitrogens with zero attached hydrogens (tertiary/aromatic N) is 1. The van der Waals surface area contributed by atoms with Crippen LogP contribution < -0.4 is 0 Å². The second kappa shape index (κ2) is 5.84. The lowest BCUT2D eigenvalue weighted by molar-refractivity contribution is -0.121. The fourth-order valence-corrected chi connectivity index (χ4v) is 3.86. The van der Waals surface area contributed by atoms with Gasteiger partial charge >= 0.3 is 0 Å². The predicted molar refractivity (Wildman–Crippen MR) is 85.5 cm³/mol. The Hall–Kier alpha value is -0.280. The topological polar surface area (TPSA) is 23.5 Å². The summed E-state index contributed by atoms with van der Waals surface area (Å²) in [5, 5.41) is 12.4. The maximum atomic E-state index is 11.4. The van der Waals surface area contributed by atoms with E-state index < -0.39 is 5.60 Å². The highest BCUT2D eigenvalue weighted by Gasteiger charge is 2.49. The van der Waals surface area contributed by atoms with E-state index in [0.29, 0.717) is 10.0 Å². The number of halogens is 2. The molecule has 0 amide bonds. The molecule has 2 nitrogen and oxygen atoms in total. The fraction of sp³-hybridized carbons (Fsp3) is 0.625. The lowest BCUT2D eigenvalue weighted by Gasteiger charge is -2.50. The zero-order chi connectivity index (χ0) is 15.0. The molecule has 0 aliphatic heterocycles. The van der Waals surface area contributed by atoms with Crippen LogP contribution in [0.15, 0.2) is 18.2 Å². The lowest BCUT2D eigenvalue weighted by Crippen LogP contribution is -2.51. The molecule has 20 heavy (non-hydrogen) atoms. The molecule has 1 saturated carbocycles. The minimum Gasteiger partial charge on any atom is -0.385 e. The van der Waals surface area contributed by atoms with Crippen molar-refractivity contribution in [1.82, 2.24) is 4.90 Å². The van der Waals surface area contributed by atoms with Crippen LogP contribution in [-0.4, -0.2) is 30.6 Å². The quantitative estimate of drug-likeness (QED) is 0.897. The summed E-state index contributed by atoms with van der Waals surface area (Å²) in [4.78, 5) is 2.15. The van der Waals surface area contributed by atoms with E-state index in [9.17, 15) is 5.11 Å². The van der Waals surface area contributed by atoms with Gasteiger partial charge < -0.3 is 10.0 Å². The van der Waals surface area contributed by atoms with Gasteiger partial charge in [-0.3, -0.25) is 0 Å². The average molecular weight is 316 g/mol. The minimum absolute atomic E-state index is 0.175. The van der Waals surface area contributed by atoms with Gasteiger partial charge in [0.25, 0.3) is 0 Å². The van der Waals surface area contributed by atoms with Gasteiger partial charge in [-0.2, -0.15) is 0 Å². The average Bonchev–Trinajstić information content (AvgIpc) is 2.35. The molecule has 0 radical (unpaired) electrons. The highest BCUT2D eigenvalue weighted by atomic mass is 35.5. The number of benzene rings is 1.